The SMILES string of the molecule is C[C@H](Nc1nnc(C(F)(F)F)s1)c1ccncc1. The lowest BCUT2D eigenvalue weighted by Gasteiger charge is -2.11. The van der Waals surface area contributed by atoms with E-state index in [-0.39, 0.29) is 11.2 Å². The Balaban J connectivity index is 2.08. The van der Waals surface area contributed by atoms with Crippen LogP contribution in [0.2, 0.25) is 0 Å². The lowest BCUT2D eigenvalue weighted by molar-refractivity contribution is -0.138. The monoisotopic (exact) mass is 274 g/mol. The first-order valence-electron chi connectivity index (χ1n) is 5.04. The summed E-state index contributed by atoms with van der Waals surface area (Å²) in [4.78, 5) is 3.87. The Hall–Kier alpha value is -1.70. The predicted molar refractivity (Wildman–Crippen MR) is 61.2 cm³/mol. The first kappa shape index (κ1) is 12.7. The van der Waals surface area contributed by atoms with Gasteiger partial charge >= 0.3 is 6.18 Å². The maximum atomic E-state index is 12.3. The average Bonchev–Trinajstić information content (AvgIpc) is 2.78. The largest absolute Gasteiger partial charge is 0.445 e. The van der Waals surface area contributed by atoms with Crippen LogP contribution >= 0.6 is 11.3 Å². The van der Waals surface area contributed by atoms with Gasteiger partial charge in [0.1, 0.15) is 0 Å². The predicted octanol–water partition coefficient (Wildman–Crippen LogP) is 3.13. The standard InChI is InChI=1S/C10H9F3N4S/c1-6(7-2-4-14-5-3-7)15-9-17-16-8(18-9)10(11,12)13/h2-6H,1H3,(H,15,17)/t6-/m0/s1. The molecule has 0 amide bonds. The number of hydrogen-bond donors (Lipinski definition) is 1. The van der Waals surface area contributed by atoms with Crippen LogP contribution in [0.3, 0.4) is 0 Å². The van der Waals surface area contributed by atoms with E-state index in [4.69, 9.17) is 0 Å². The minimum absolute atomic E-state index is 0.145. The summed E-state index contributed by atoms with van der Waals surface area (Å²) >= 11 is 0.489. The van der Waals surface area contributed by atoms with Crippen LogP contribution in [0, 0.1) is 0 Å². The molecule has 0 unspecified atom stereocenters. The Bertz CT molecular complexity index is 511. The van der Waals surface area contributed by atoms with E-state index in [0.717, 1.165) is 5.56 Å². The summed E-state index contributed by atoms with van der Waals surface area (Å²) in [6, 6.07) is 3.40. The molecule has 18 heavy (non-hydrogen) atoms. The van der Waals surface area contributed by atoms with E-state index in [1.54, 1.807) is 24.5 Å². The normalized spacial score (nSPS) is 13.3. The molecule has 0 fully saturated rings. The molecule has 2 aromatic heterocycles. The fourth-order valence-electron chi connectivity index (χ4n) is 1.32. The van der Waals surface area contributed by atoms with Gasteiger partial charge < -0.3 is 5.32 Å². The second-order valence-corrected chi connectivity index (χ2v) is 4.53. The highest BCUT2D eigenvalue weighted by Gasteiger charge is 2.35. The van der Waals surface area contributed by atoms with E-state index >= 15 is 0 Å². The Kier molecular flexibility index (Phi) is 3.46. The van der Waals surface area contributed by atoms with Crippen molar-refractivity contribution in [3.05, 3.63) is 35.1 Å². The molecule has 4 nitrogen and oxygen atoms in total. The third-order valence-electron chi connectivity index (χ3n) is 2.21. The summed E-state index contributed by atoms with van der Waals surface area (Å²) < 4.78 is 37.0. The minimum atomic E-state index is -4.45. The van der Waals surface area contributed by atoms with Gasteiger partial charge in [-0.1, -0.05) is 11.3 Å². The second kappa shape index (κ2) is 4.89. The first-order chi connectivity index (χ1) is 8.47. The van der Waals surface area contributed by atoms with Crippen molar-refractivity contribution in [1.82, 2.24) is 15.2 Å². The van der Waals surface area contributed by atoms with Gasteiger partial charge in [0.25, 0.3) is 0 Å². The summed E-state index contributed by atoms with van der Waals surface area (Å²) in [5.41, 5.74) is 0.911. The smallest absolute Gasteiger partial charge is 0.354 e. The van der Waals surface area contributed by atoms with Crippen LogP contribution in [0.5, 0.6) is 0 Å². The van der Waals surface area contributed by atoms with Crippen molar-refractivity contribution in [1.29, 1.82) is 0 Å². The lowest BCUT2D eigenvalue weighted by Crippen LogP contribution is -2.06. The van der Waals surface area contributed by atoms with Crippen molar-refractivity contribution in [2.45, 2.75) is 19.1 Å². The van der Waals surface area contributed by atoms with E-state index in [0.29, 0.717) is 11.3 Å². The van der Waals surface area contributed by atoms with E-state index in [9.17, 15) is 13.2 Å². The highest BCUT2D eigenvalue weighted by Crippen LogP contribution is 2.33. The molecule has 0 aliphatic rings. The molecule has 1 N–H and O–H groups in total. The zero-order valence-electron chi connectivity index (χ0n) is 9.27. The van der Waals surface area contributed by atoms with Gasteiger partial charge in [-0.15, -0.1) is 10.2 Å². The van der Waals surface area contributed by atoms with Crippen LogP contribution in [0.25, 0.3) is 0 Å². The van der Waals surface area contributed by atoms with Crippen molar-refractivity contribution in [3.63, 3.8) is 0 Å². The van der Waals surface area contributed by atoms with Crippen molar-refractivity contribution in [3.8, 4) is 0 Å². The number of rotatable bonds is 3. The number of halogens is 3. The van der Waals surface area contributed by atoms with E-state index in [1.807, 2.05) is 6.92 Å². The van der Waals surface area contributed by atoms with Gasteiger partial charge in [-0.25, -0.2) is 0 Å². The molecule has 0 saturated heterocycles. The zero-order valence-corrected chi connectivity index (χ0v) is 10.1. The summed E-state index contributed by atoms with van der Waals surface area (Å²) in [5.74, 6) is 0. The molecule has 0 radical (unpaired) electrons. The van der Waals surface area contributed by atoms with Crippen LogP contribution in [0.1, 0.15) is 23.5 Å². The molecule has 1 atom stereocenters. The molecule has 0 aliphatic carbocycles. The highest BCUT2D eigenvalue weighted by molar-refractivity contribution is 7.15. The van der Waals surface area contributed by atoms with Crippen molar-refractivity contribution in [2.24, 2.45) is 0 Å². The molecule has 0 spiro atoms. The molecular weight excluding hydrogens is 265 g/mol. The molecule has 0 saturated carbocycles. The van der Waals surface area contributed by atoms with Crippen LogP contribution in [0.4, 0.5) is 18.3 Å². The van der Waals surface area contributed by atoms with Crippen LogP contribution in [0.15, 0.2) is 24.5 Å². The summed E-state index contributed by atoms with van der Waals surface area (Å²) in [6.07, 6.45) is -1.21. The maximum absolute atomic E-state index is 12.3. The van der Waals surface area contributed by atoms with Gasteiger partial charge in [0.15, 0.2) is 0 Å². The Labute approximate surface area is 105 Å². The number of pyridine rings is 1. The van der Waals surface area contributed by atoms with Crippen LogP contribution in [-0.4, -0.2) is 15.2 Å². The fourth-order valence-corrected chi connectivity index (χ4v) is 2.01. The highest BCUT2D eigenvalue weighted by atomic mass is 32.1. The van der Waals surface area contributed by atoms with E-state index in [1.165, 1.54) is 0 Å². The average molecular weight is 274 g/mol. The lowest BCUT2D eigenvalue weighted by atomic mass is 10.1. The van der Waals surface area contributed by atoms with Gasteiger partial charge in [0, 0.05) is 12.4 Å². The first-order valence-corrected chi connectivity index (χ1v) is 5.85. The Morgan fingerprint density at radius 2 is 1.89 bits per heavy atom. The Morgan fingerprint density at radius 1 is 1.22 bits per heavy atom. The fraction of sp³-hybridized carbons (Fsp3) is 0.300. The number of aromatic nitrogens is 3. The number of hydrogen-bond acceptors (Lipinski definition) is 5. The topological polar surface area (TPSA) is 50.7 Å². The third kappa shape index (κ3) is 2.95. The zero-order chi connectivity index (χ0) is 13.2. The second-order valence-electron chi connectivity index (χ2n) is 3.56. The van der Waals surface area contributed by atoms with E-state index in [2.05, 4.69) is 20.5 Å². The number of alkyl halides is 3. The van der Waals surface area contributed by atoms with Crippen molar-refractivity contribution < 1.29 is 13.2 Å². The number of anilines is 1. The number of nitrogens with zero attached hydrogens (tertiary/aromatic N) is 3. The van der Waals surface area contributed by atoms with E-state index < -0.39 is 11.2 Å². The van der Waals surface area contributed by atoms with Gasteiger partial charge in [-0.2, -0.15) is 13.2 Å². The van der Waals surface area contributed by atoms with Crippen molar-refractivity contribution >= 4 is 16.5 Å². The molecule has 0 aliphatic heterocycles. The quantitative estimate of drug-likeness (QED) is 0.934. The van der Waals surface area contributed by atoms with Gasteiger partial charge in [-0.05, 0) is 24.6 Å². The Morgan fingerprint density at radius 3 is 2.44 bits per heavy atom. The van der Waals surface area contributed by atoms with Crippen LogP contribution in [-0.2, 0) is 6.18 Å². The summed E-state index contributed by atoms with van der Waals surface area (Å²) in [7, 11) is 0. The molecule has 0 bridgehead atoms. The van der Waals surface area contributed by atoms with Gasteiger partial charge in [0.2, 0.25) is 10.1 Å². The molecule has 2 aromatic rings. The molecule has 2 rings (SSSR count). The molecular formula is C10H9F3N4S. The summed E-state index contributed by atoms with van der Waals surface area (Å²) in [5, 5.41) is 8.63. The molecule has 96 valence electrons. The molecule has 0 aromatic carbocycles. The third-order valence-corrected chi connectivity index (χ3v) is 3.11. The van der Waals surface area contributed by atoms with Crippen LogP contribution < -0.4 is 5.32 Å². The molecule has 8 heteroatoms. The van der Waals surface area contributed by atoms with Crippen molar-refractivity contribution in [2.75, 3.05) is 5.32 Å². The molecule has 2 heterocycles. The number of nitrogens with one attached hydrogen (secondary N) is 1. The maximum Gasteiger partial charge on any atom is 0.445 e. The minimum Gasteiger partial charge on any atom is -0.354 e. The van der Waals surface area contributed by atoms with Gasteiger partial charge in [0.05, 0.1) is 6.04 Å². The van der Waals surface area contributed by atoms with Gasteiger partial charge in [-0.3, -0.25) is 4.98 Å². The summed E-state index contributed by atoms with van der Waals surface area (Å²) in [6.45, 7) is 1.82.